The zero-order valence-electron chi connectivity index (χ0n) is 26.2. The lowest BCUT2D eigenvalue weighted by molar-refractivity contribution is -0.137. The molecule has 45 heavy (non-hydrogen) atoms. The third kappa shape index (κ3) is 6.45. The van der Waals surface area contributed by atoms with Gasteiger partial charge in [0.1, 0.15) is 0 Å². The summed E-state index contributed by atoms with van der Waals surface area (Å²) in [7, 11) is 0. The van der Waals surface area contributed by atoms with Crippen LogP contribution in [0.2, 0.25) is 0 Å². The Morgan fingerprint density at radius 3 is 1.82 bits per heavy atom. The van der Waals surface area contributed by atoms with E-state index >= 15 is 0 Å². The number of aliphatic hydroxyl groups excluding tert-OH is 2. The van der Waals surface area contributed by atoms with Crippen LogP contribution in [0.3, 0.4) is 0 Å². The lowest BCUT2D eigenvalue weighted by Gasteiger charge is -2.07. The summed E-state index contributed by atoms with van der Waals surface area (Å²) in [5.74, 6) is -1.83. The molecule has 0 saturated carbocycles. The van der Waals surface area contributed by atoms with Crippen LogP contribution in [0.1, 0.15) is 98.1 Å². The highest BCUT2D eigenvalue weighted by Crippen LogP contribution is 2.37. The Bertz CT molecular complexity index is 1930. The van der Waals surface area contributed by atoms with Gasteiger partial charge in [0, 0.05) is 46.0 Å². The monoisotopic (exact) mass is 634 g/mol. The molecule has 0 saturated heterocycles. The average Bonchev–Trinajstić information content (AvgIpc) is 3.59. The van der Waals surface area contributed by atoms with Crippen LogP contribution in [0.15, 0.2) is 24.3 Å². The molecule has 0 spiro atoms. The van der Waals surface area contributed by atoms with Gasteiger partial charge in [0.15, 0.2) is 0 Å². The molecular formula is C34H39ClN4O6. The predicted molar refractivity (Wildman–Crippen MR) is 178 cm³/mol. The molecule has 0 aromatic carbocycles. The minimum Gasteiger partial charge on any atom is -0.481 e. The van der Waals surface area contributed by atoms with Crippen LogP contribution in [0.4, 0.5) is 0 Å². The number of H-pyrrole nitrogens is 2. The van der Waals surface area contributed by atoms with Gasteiger partial charge in [-0.15, -0.1) is 12.4 Å². The van der Waals surface area contributed by atoms with Crippen LogP contribution >= 0.6 is 12.4 Å². The molecule has 2 aliphatic heterocycles. The van der Waals surface area contributed by atoms with Gasteiger partial charge in [-0.1, -0.05) is 0 Å². The fourth-order valence-corrected chi connectivity index (χ4v) is 6.31. The van der Waals surface area contributed by atoms with Crippen molar-refractivity contribution in [2.24, 2.45) is 0 Å². The van der Waals surface area contributed by atoms with Crippen LogP contribution in [0.5, 0.6) is 0 Å². The Morgan fingerprint density at radius 1 is 0.689 bits per heavy atom. The van der Waals surface area contributed by atoms with Crippen LogP contribution in [0.25, 0.3) is 44.4 Å². The number of aryl methyl sites for hydroxylation is 3. The molecule has 0 fully saturated rings. The number of carboxylic acids is 2. The Morgan fingerprint density at radius 2 is 1.20 bits per heavy atom. The molecule has 2 unspecified atom stereocenters. The molecule has 10 nitrogen and oxygen atoms in total. The van der Waals surface area contributed by atoms with E-state index in [0.29, 0.717) is 39.4 Å². The van der Waals surface area contributed by atoms with Crippen molar-refractivity contribution in [3.8, 4) is 0 Å². The summed E-state index contributed by atoms with van der Waals surface area (Å²) in [6.07, 6.45) is -1.16. The van der Waals surface area contributed by atoms with Crippen molar-refractivity contribution < 1.29 is 30.0 Å². The normalized spacial score (nSPS) is 14.4. The van der Waals surface area contributed by atoms with E-state index in [-0.39, 0.29) is 38.1 Å². The maximum Gasteiger partial charge on any atom is 0.303 e. The van der Waals surface area contributed by atoms with E-state index in [0.717, 1.165) is 50.0 Å². The highest BCUT2D eigenvalue weighted by molar-refractivity contribution is 5.96. The molecule has 8 bridgehead atoms. The topological polar surface area (TPSA) is 172 Å². The molecular weight excluding hydrogens is 596 g/mol. The maximum atomic E-state index is 11.6. The third-order valence-electron chi connectivity index (χ3n) is 8.65. The van der Waals surface area contributed by atoms with Gasteiger partial charge >= 0.3 is 11.9 Å². The molecule has 238 valence electrons. The van der Waals surface area contributed by atoms with E-state index < -0.39 is 24.1 Å². The number of aliphatic hydroxyl groups is 2. The molecule has 0 radical (unpaired) electrons. The minimum absolute atomic E-state index is 0. The average molecular weight is 635 g/mol. The highest BCUT2D eigenvalue weighted by Gasteiger charge is 2.23. The molecule has 3 aromatic heterocycles. The van der Waals surface area contributed by atoms with Gasteiger partial charge in [-0.05, 0) is 112 Å². The minimum atomic E-state index is -0.914. The summed E-state index contributed by atoms with van der Waals surface area (Å²) < 4.78 is 0. The SMILES string of the molecule is CC1=C(CCC(=O)O)c2cc3[nH]c(cc4nc(cc5[nH]c(cc1n2)c(C)c5C(C)O)C(C)=C4C(C)O)c(C)c3CCC(=O)O.Cl. The van der Waals surface area contributed by atoms with Gasteiger partial charge in [0.2, 0.25) is 0 Å². The lowest BCUT2D eigenvalue weighted by Crippen LogP contribution is -2.02. The quantitative estimate of drug-likeness (QED) is 0.162. The van der Waals surface area contributed by atoms with Crippen LogP contribution < -0.4 is 0 Å². The number of allylic oxidation sites excluding steroid dienone is 3. The number of carbonyl (C=O) groups is 2. The predicted octanol–water partition coefficient (Wildman–Crippen LogP) is 6.53. The van der Waals surface area contributed by atoms with Crippen LogP contribution in [0, 0.1) is 13.8 Å². The standard InChI is InChI=1S/C34H38N4O6.ClH/c1-15-21(7-9-31(41)42)27-14-28-22(8-10-32(43)44)16(2)24(36-28)12-29-34(20(6)40)18(4)26(38-29)13-30-33(19(5)39)17(3)25(37-30)11-23(15)35-27;/h11-14,19-20,36-37,39-40H,7-10H2,1-6H3,(H,41,42)(H,43,44);1H. The Kier molecular flexibility index (Phi) is 9.72. The van der Waals surface area contributed by atoms with Gasteiger partial charge in [0.25, 0.3) is 0 Å². The van der Waals surface area contributed by atoms with Crippen molar-refractivity contribution in [1.82, 2.24) is 19.9 Å². The first-order chi connectivity index (χ1) is 20.8. The third-order valence-corrected chi connectivity index (χ3v) is 8.65. The van der Waals surface area contributed by atoms with Crippen LogP contribution in [-0.4, -0.2) is 58.4 Å². The number of hydrogen-bond donors (Lipinski definition) is 6. The number of aliphatic carboxylic acids is 2. The van der Waals surface area contributed by atoms with Gasteiger partial charge in [0.05, 0.1) is 35.0 Å². The zero-order valence-corrected chi connectivity index (χ0v) is 27.0. The summed E-state index contributed by atoms with van der Waals surface area (Å²) in [5, 5.41) is 40.5. The molecule has 5 heterocycles. The number of halogens is 1. The second-order valence-electron chi connectivity index (χ2n) is 11.7. The Balaban J connectivity index is 0.00000461. The molecule has 6 N–H and O–H groups in total. The Labute approximate surface area is 267 Å². The number of nitrogens with one attached hydrogen (secondary N) is 2. The number of rotatable bonds is 8. The van der Waals surface area contributed by atoms with Crippen molar-refractivity contribution in [2.45, 2.75) is 79.4 Å². The number of aromatic nitrogens is 4. The van der Waals surface area contributed by atoms with Gasteiger partial charge in [-0.2, -0.15) is 0 Å². The van der Waals surface area contributed by atoms with Crippen molar-refractivity contribution in [3.63, 3.8) is 0 Å². The smallest absolute Gasteiger partial charge is 0.303 e. The number of aromatic amines is 2. The maximum absolute atomic E-state index is 11.6. The fraction of sp³-hybridized carbons (Fsp3) is 0.353. The van der Waals surface area contributed by atoms with Crippen molar-refractivity contribution in [1.29, 1.82) is 0 Å². The summed E-state index contributed by atoms with van der Waals surface area (Å²) >= 11 is 0. The summed E-state index contributed by atoms with van der Waals surface area (Å²) in [4.78, 5) is 39.8. The van der Waals surface area contributed by atoms with Crippen molar-refractivity contribution in [3.05, 3.63) is 69.3 Å². The molecule has 2 aliphatic rings. The number of nitrogens with zero attached hydrogens (tertiary/aromatic N) is 2. The molecule has 0 amide bonds. The van der Waals surface area contributed by atoms with Gasteiger partial charge in [-0.3, -0.25) is 9.59 Å². The second kappa shape index (κ2) is 13.0. The first-order valence-electron chi connectivity index (χ1n) is 14.7. The summed E-state index contributed by atoms with van der Waals surface area (Å²) in [6.45, 7) is 11.1. The van der Waals surface area contributed by atoms with Gasteiger partial charge in [-0.25, -0.2) is 9.97 Å². The molecule has 3 aromatic rings. The van der Waals surface area contributed by atoms with E-state index in [4.69, 9.17) is 9.97 Å². The number of hydrogen-bond acceptors (Lipinski definition) is 6. The first-order valence-corrected chi connectivity index (χ1v) is 14.7. The second-order valence-corrected chi connectivity index (χ2v) is 11.7. The van der Waals surface area contributed by atoms with Crippen LogP contribution in [-0.2, 0) is 16.0 Å². The largest absolute Gasteiger partial charge is 0.481 e. The van der Waals surface area contributed by atoms with Crippen molar-refractivity contribution in [2.75, 3.05) is 0 Å². The van der Waals surface area contributed by atoms with E-state index in [1.165, 1.54) is 0 Å². The summed E-state index contributed by atoms with van der Waals surface area (Å²) in [6, 6.07) is 7.51. The molecule has 0 aliphatic carbocycles. The van der Waals surface area contributed by atoms with Gasteiger partial charge < -0.3 is 30.4 Å². The lowest BCUT2D eigenvalue weighted by atomic mass is 9.99. The van der Waals surface area contributed by atoms with Crippen molar-refractivity contribution >= 4 is 68.7 Å². The molecule has 2 atom stereocenters. The highest BCUT2D eigenvalue weighted by atomic mass is 35.5. The van der Waals surface area contributed by atoms with E-state index in [1.54, 1.807) is 13.8 Å². The summed E-state index contributed by atoms with van der Waals surface area (Å²) in [5.41, 5.74) is 11.7. The first kappa shape index (κ1) is 33.6. The molecule has 11 heteroatoms. The molecule has 5 rings (SSSR count). The number of fused-ring (bicyclic) bond motifs is 8. The van der Waals surface area contributed by atoms with E-state index in [2.05, 4.69) is 9.97 Å². The van der Waals surface area contributed by atoms with E-state index in [9.17, 15) is 30.0 Å². The zero-order chi connectivity index (χ0) is 32.0. The van der Waals surface area contributed by atoms with E-state index in [1.807, 2.05) is 52.0 Å². The Hall–Kier alpha value is -4.25. The fourth-order valence-electron chi connectivity index (χ4n) is 6.31. The number of carboxylic acid groups (broad SMARTS) is 2.